The van der Waals surface area contributed by atoms with Gasteiger partial charge in [0.2, 0.25) is 0 Å². The predicted octanol–water partition coefficient (Wildman–Crippen LogP) is 6.64. The first-order valence-corrected chi connectivity index (χ1v) is 11.4. The van der Waals surface area contributed by atoms with Gasteiger partial charge in [-0.3, -0.25) is 4.79 Å². The Morgan fingerprint density at radius 1 is 0.972 bits per heavy atom. The van der Waals surface area contributed by atoms with Crippen LogP contribution in [0.3, 0.4) is 0 Å². The third-order valence-corrected chi connectivity index (χ3v) is 5.75. The van der Waals surface area contributed by atoms with E-state index < -0.39 is 5.91 Å². The van der Waals surface area contributed by atoms with E-state index in [2.05, 4.69) is 17.4 Å². The molecule has 0 saturated heterocycles. The Bertz CT molecular complexity index is 1470. The normalized spacial score (nSPS) is 11.0. The fourth-order valence-corrected chi connectivity index (χ4v) is 3.91. The van der Waals surface area contributed by atoms with Gasteiger partial charge in [0.1, 0.15) is 24.0 Å². The molecule has 6 nitrogen and oxygen atoms in total. The van der Waals surface area contributed by atoms with Crippen molar-refractivity contribution in [1.82, 2.24) is 0 Å². The minimum Gasteiger partial charge on any atom is -0.497 e. The molecule has 0 radical (unpaired) electrons. The second-order valence-corrected chi connectivity index (χ2v) is 8.26. The predicted molar refractivity (Wildman–Crippen MR) is 141 cm³/mol. The number of fused-ring (bicyclic) bond motifs is 1. The summed E-state index contributed by atoms with van der Waals surface area (Å²) < 4.78 is 16.6. The lowest BCUT2D eigenvalue weighted by Gasteiger charge is -2.14. The van der Waals surface area contributed by atoms with E-state index in [1.165, 1.54) is 13.2 Å². The monoisotopic (exact) mass is 498 g/mol. The van der Waals surface area contributed by atoms with Gasteiger partial charge in [0, 0.05) is 5.69 Å². The van der Waals surface area contributed by atoms with Crippen molar-refractivity contribution >= 4 is 40.0 Å². The van der Waals surface area contributed by atoms with Gasteiger partial charge in [0.15, 0.2) is 11.5 Å². The molecule has 1 amide bonds. The van der Waals surface area contributed by atoms with Crippen LogP contribution in [0.2, 0.25) is 5.02 Å². The highest BCUT2D eigenvalue weighted by atomic mass is 35.5. The van der Waals surface area contributed by atoms with Crippen molar-refractivity contribution in [3.05, 3.63) is 101 Å². The van der Waals surface area contributed by atoms with E-state index in [1.807, 2.05) is 36.4 Å². The fourth-order valence-electron chi connectivity index (χ4n) is 3.64. The van der Waals surface area contributed by atoms with Crippen molar-refractivity contribution in [2.45, 2.75) is 6.61 Å². The molecule has 0 atom stereocenters. The van der Waals surface area contributed by atoms with Crippen molar-refractivity contribution in [2.75, 3.05) is 19.5 Å². The van der Waals surface area contributed by atoms with Gasteiger partial charge in [0.25, 0.3) is 5.91 Å². The molecular formula is C29H23ClN2O4. The van der Waals surface area contributed by atoms with E-state index in [1.54, 1.807) is 43.5 Å². The molecule has 0 spiro atoms. The molecule has 0 heterocycles. The number of halogens is 1. The second kappa shape index (κ2) is 11.3. The van der Waals surface area contributed by atoms with Crippen molar-refractivity contribution in [3.63, 3.8) is 0 Å². The van der Waals surface area contributed by atoms with Crippen molar-refractivity contribution in [1.29, 1.82) is 5.26 Å². The molecule has 0 unspecified atom stereocenters. The van der Waals surface area contributed by atoms with Crippen molar-refractivity contribution in [3.8, 4) is 23.3 Å². The second-order valence-electron chi connectivity index (χ2n) is 7.86. The van der Waals surface area contributed by atoms with Gasteiger partial charge in [-0.2, -0.15) is 5.26 Å². The number of carbonyl (C=O) groups excluding carboxylic acids is 1. The molecule has 0 fully saturated rings. The molecule has 36 heavy (non-hydrogen) atoms. The van der Waals surface area contributed by atoms with Crippen LogP contribution in [-0.2, 0) is 11.4 Å². The summed E-state index contributed by atoms with van der Waals surface area (Å²) in [5.74, 6) is 0.885. The maximum absolute atomic E-state index is 12.6. The SMILES string of the molecule is COc1ccc(NC(=O)/C(C#N)=C\c2cc(Cl)c(OCc3ccc4ccccc4c3)c(OC)c2)cc1. The summed E-state index contributed by atoms with van der Waals surface area (Å²) in [7, 11) is 3.06. The molecule has 0 saturated carbocycles. The summed E-state index contributed by atoms with van der Waals surface area (Å²) >= 11 is 6.51. The van der Waals surface area contributed by atoms with Crippen LogP contribution in [0.5, 0.6) is 17.2 Å². The quantitative estimate of drug-likeness (QED) is 0.218. The van der Waals surface area contributed by atoms with Gasteiger partial charge in [-0.1, -0.05) is 48.0 Å². The molecule has 4 rings (SSSR count). The van der Waals surface area contributed by atoms with Gasteiger partial charge in [0.05, 0.1) is 19.2 Å². The topological polar surface area (TPSA) is 80.6 Å². The van der Waals surface area contributed by atoms with Gasteiger partial charge < -0.3 is 19.5 Å². The summed E-state index contributed by atoms with van der Waals surface area (Å²) in [6.07, 6.45) is 1.44. The largest absolute Gasteiger partial charge is 0.497 e. The third kappa shape index (κ3) is 5.77. The number of hydrogen-bond donors (Lipinski definition) is 1. The van der Waals surface area contributed by atoms with E-state index in [0.29, 0.717) is 40.1 Å². The number of nitrogens with zero attached hydrogens (tertiary/aromatic N) is 1. The number of nitrogens with one attached hydrogen (secondary N) is 1. The molecule has 0 aliphatic rings. The zero-order valence-electron chi connectivity index (χ0n) is 19.7. The average Bonchev–Trinajstić information content (AvgIpc) is 2.91. The minimum absolute atomic E-state index is 0.0891. The minimum atomic E-state index is -0.547. The van der Waals surface area contributed by atoms with Crippen LogP contribution in [0.1, 0.15) is 11.1 Å². The van der Waals surface area contributed by atoms with E-state index >= 15 is 0 Å². The first-order valence-electron chi connectivity index (χ1n) is 11.1. The zero-order chi connectivity index (χ0) is 25.5. The van der Waals surface area contributed by atoms with E-state index in [0.717, 1.165) is 16.3 Å². The summed E-state index contributed by atoms with van der Waals surface area (Å²) in [6.45, 7) is 0.295. The van der Waals surface area contributed by atoms with E-state index in [4.69, 9.17) is 25.8 Å². The molecule has 7 heteroatoms. The number of carbonyl (C=O) groups is 1. The molecule has 0 aliphatic heterocycles. The number of ether oxygens (including phenoxy) is 3. The first-order chi connectivity index (χ1) is 17.5. The van der Waals surface area contributed by atoms with E-state index in [-0.39, 0.29) is 5.57 Å². The van der Waals surface area contributed by atoms with Crippen LogP contribution in [0, 0.1) is 11.3 Å². The average molecular weight is 499 g/mol. The summed E-state index contributed by atoms with van der Waals surface area (Å²) in [4.78, 5) is 12.6. The van der Waals surface area contributed by atoms with Gasteiger partial charge in [-0.25, -0.2) is 0 Å². The Kier molecular flexibility index (Phi) is 7.74. The summed E-state index contributed by atoms with van der Waals surface area (Å²) in [6, 6.07) is 26.2. The lowest BCUT2D eigenvalue weighted by atomic mass is 10.1. The Morgan fingerprint density at radius 2 is 1.72 bits per heavy atom. The third-order valence-electron chi connectivity index (χ3n) is 5.47. The number of nitriles is 1. The lowest BCUT2D eigenvalue weighted by molar-refractivity contribution is -0.112. The molecule has 4 aromatic rings. The maximum atomic E-state index is 12.6. The van der Waals surface area contributed by atoms with E-state index in [9.17, 15) is 10.1 Å². The number of benzene rings is 4. The van der Waals surface area contributed by atoms with Crippen LogP contribution < -0.4 is 19.5 Å². The highest BCUT2D eigenvalue weighted by Gasteiger charge is 2.15. The van der Waals surface area contributed by atoms with Crippen LogP contribution >= 0.6 is 11.6 Å². The van der Waals surface area contributed by atoms with Gasteiger partial charge >= 0.3 is 0 Å². The summed E-state index contributed by atoms with van der Waals surface area (Å²) in [5.41, 5.74) is 1.96. The standard InChI is InChI=1S/C29H23ClN2O4/c1-34-25-11-9-24(10-12-25)32-29(33)23(17-31)14-20-15-26(30)28(27(16-20)35-2)36-18-19-7-8-21-5-3-4-6-22(21)13-19/h3-16H,18H2,1-2H3,(H,32,33)/b23-14-. The van der Waals surface area contributed by atoms with Crippen LogP contribution in [0.4, 0.5) is 5.69 Å². The molecule has 4 aromatic carbocycles. The molecule has 180 valence electrons. The van der Waals surface area contributed by atoms with Crippen LogP contribution in [0.15, 0.2) is 84.4 Å². The van der Waals surface area contributed by atoms with Gasteiger partial charge in [-0.05, 0) is 70.4 Å². The molecule has 0 aromatic heterocycles. The number of anilines is 1. The maximum Gasteiger partial charge on any atom is 0.266 e. The van der Waals surface area contributed by atoms with Crippen LogP contribution in [-0.4, -0.2) is 20.1 Å². The van der Waals surface area contributed by atoms with Crippen LogP contribution in [0.25, 0.3) is 16.8 Å². The Morgan fingerprint density at radius 3 is 2.42 bits per heavy atom. The first kappa shape index (κ1) is 24.6. The number of rotatable bonds is 8. The number of hydrogen-bond acceptors (Lipinski definition) is 5. The lowest BCUT2D eigenvalue weighted by Crippen LogP contribution is -2.13. The Hall–Kier alpha value is -4.47. The Balaban J connectivity index is 1.52. The Labute approximate surface area is 214 Å². The number of amides is 1. The summed E-state index contributed by atoms with van der Waals surface area (Å²) in [5, 5.41) is 14.8. The molecule has 0 bridgehead atoms. The molecular weight excluding hydrogens is 476 g/mol. The fraction of sp³-hybridized carbons (Fsp3) is 0.103. The smallest absolute Gasteiger partial charge is 0.266 e. The molecule has 0 aliphatic carbocycles. The highest BCUT2D eigenvalue weighted by Crippen LogP contribution is 2.37. The highest BCUT2D eigenvalue weighted by molar-refractivity contribution is 6.32. The zero-order valence-corrected chi connectivity index (χ0v) is 20.5. The van der Waals surface area contributed by atoms with Crippen molar-refractivity contribution < 1.29 is 19.0 Å². The molecule has 1 N–H and O–H groups in total. The van der Waals surface area contributed by atoms with Gasteiger partial charge in [-0.15, -0.1) is 0 Å². The van der Waals surface area contributed by atoms with Crippen molar-refractivity contribution in [2.24, 2.45) is 0 Å². The number of methoxy groups -OCH3 is 2.